The van der Waals surface area contributed by atoms with Crippen molar-refractivity contribution in [3.05, 3.63) is 45.9 Å². The van der Waals surface area contributed by atoms with Gasteiger partial charge in [0.2, 0.25) is 0 Å². The molecule has 0 unspecified atom stereocenters. The van der Waals surface area contributed by atoms with Crippen LogP contribution in [0.25, 0.3) is 0 Å². The molecule has 1 aromatic heterocycles. The predicted octanol–water partition coefficient (Wildman–Crippen LogP) is 3.14. The van der Waals surface area contributed by atoms with E-state index in [4.69, 9.17) is 21.1 Å². The molecule has 1 aliphatic rings. The van der Waals surface area contributed by atoms with Crippen LogP contribution in [0.5, 0.6) is 5.75 Å². The SMILES string of the molecule is CCOC(=O)c1cc(S(=O)(=O)N[C@H]2COc3c(F)cc(Cl)cc3[C@H]2C)[nH]c1C. The van der Waals surface area contributed by atoms with E-state index in [9.17, 15) is 17.6 Å². The normalized spacial score (nSPS) is 19.0. The topological polar surface area (TPSA) is 97.5 Å². The molecule has 0 saturated carbocycles. The lowest BCUT2D eigenvalue weighted by molar-refractivity contribution is 0.0525. The van der Waals surface area contributed by atoms with Crippen LogP contribution in [-0.4, -0.2) is 38.6 Å². The number of nitrogens with one attached hydrogen (secondary N) is 2. The third-order valence-corrected chi connectivity index (χ3v) is 6.25. The van der Waals surface area contributed by atoms with Gasteiger partial charge in [-0.25, -0.2) is 22.3 Å². The van der Waals surface area contributed by atoms with Crippen LogP contribution in [-0.2, 0) is 14.8 Å². The summed E-state index contributed by atoms with van der Waals surface area (Å²) in [5, 5.41) is 0.0394. The second kappa shape index (κ2) is 7.73. The second-order valence-corrected chi connectivity index (χ2v) is 8.64. The molecule has 2 atom stereocenters. The number of hydrogen-bond donors (Lipinski definition) is 2. The van der Waals surface area contributed by atoms with E-state index >= 15 is 0 Å². The van der Waals surface area contributed by atoms with Crippen molar-refractivity contribution in [2.45, 2.75) is 37.8 Å². The third-order valence-electron chi connectivity index (χ3n) is 4.62. The maximum absolute atomic E-state index is 14.0. The first-order chi connectivity index (χ1) is 13.1. The highest BCUT2D eigenvalue weighted by Crippen LogP contribution is 2.38. The fourth-order valence-electron chi connectivity index (χ4n) is 3.10. The first-order valence-corrected chi connectivity index (χ1v) is 10.5. The predicted molar refractivity (Wildman–Crippen MR) is 101 cm³/mol. The number of aromatic nitrogens is 1. The average Bonchev–Trinajstić information content (AvgIpc) is 3.01. The highest BCUT2D eigenvalue weighted by molar-refractivity contribution is 7.89. The molecule has 1 aliphatic heterocycles. The van der Waals surface area contributed by atoms with Crippen LogP contribution in [0.4, 0.5) is 4.39 Å². The molecule has 2 aromatic rings. The molecule has 2 N–H and O–H groups in total. The number of aromatic amines is 1. The molecule has 0 radical (unpaired) electrons. The van der Waals surface area contributed by atoms with E-state index in [1.807, 2.05) is 0 Å². The van der Waals surface area contributed by atoms with Gasteiger partial charge in [-0.05, 0) is 32.0 Å². The number of sulfonamides is 1. The van der Waals surface area contributed by atoms with E-state index in [1.54, 1.807) is 26.8 Å². The monoisotopic (exact) mass is 430 g/mol. The van der Waals surface area contributed by atoms with Crippen molar-refractivity contribution in [3.63, 3.8) is 0 Å². The van der Waals surface area contributed by atoms with Gasteiger partial charge in [0.1, 0.15) is 11.6 Å². The Morgan fingerprint density at radius 2 is 2.14 bits per heavy atom. The van der Waals surface area contributed by atoms with Gasteiger partial charge in [-0.3, -0.25) is 0 Å². The molecule has 1 aromatic carbocycles. The summed E-state index contributed by atoms with van der Waals surface area (Å²) in [5.41, 5.74) is 1.01. The highest BCUT2D eigenvalue weighted by atomic mass is 35.5. The average molecular weight is 431 g/mol. The van der Waals surface area contributed by atoms with E-state index in [2.05, 4.69) is 9.71 Å². The van der Waals surface area contributed by atoms with Gasteiger partial charge in [-0.2, -0.15) is 0 Å². The van der Waals surface area contributed by atoms with Gasteiger partial charge in [0.15, 0.2) is 11.6 Å². The smallest absolute Gasteiger partial charge is 0.339 e. The number of hydrogen-bond acceptors (Lipinski definition) is 5. The molecule has 0 aliphatic carbocycles. The fraction of sp³-hybridized carbons (Fsp3) is 0.389. The Morgan fingerprint density at radius 3 is 2.82 bits per heavy atom. The minimum atomic E-state index is -3.99. The molecule has 0 spiro atoms. The van der Waals surface area contributed by atoms with Crippen LogP contribution in [0.15, 0.2) is 23.2 Å². The number of carbonyl (C=O) groups is 1. The number of esters is 1. The van der Waals surface area contributed by atoms with Crippen molar-refractivity contribution in [2.75, 3.05) is 13.2 Å². The molecule has 0 saturated heterocycles. The summed E-state index contributed by atoms with van der Waals surface area (Å²) >= 11 is 5.92. The molecule has 0 fully saturated rings. The summed E-state index contributed by atoms with van der Waals surface area (Å²) < 4.78 is 52.5. The van der Waals surface area contributed by atoms with E-state index in [-0.39, 0.29) is 40.5 Å². The van der Waals surface area contributed by atoms with Crippen LogP contribution in [0.2, 0.25) is 5.02 Å². The molecule has 3 rings (SSSR count). The number of benzene rings is 1. The number of carbonyl (C=O) groups excluding carboxylic acids is 1. The highest BCUT2D eigenvalue weighted by Gasteiger charge is 2.34. The van der Waals surface area contributed by atoms with Crippen molar-refractivity contribution >= 4 is 27.6 Å². The Labute approximate surface area is 167 Å². The summed E-state index contributed by atoms with van der Waals surface area (Å²) in [6.45, 7) is 5.14. The molecule has 2 heterocycles. The zero-order chi connectivity index (χ0) is 20.6. The minimum absolute atomic E-state index is 0.0453. The summed E-state index contributed by atoms with van der Waals surface area (Å²) in [4.78, 5) is 14.6. The number of rotatable bonds is 5. The van der Waals surface area contributed by atoms with E-state index < -0.39 is 27.9 Å². The van der Waals surface area contributed by atoms with E-state index in [0.717, 1.165) is 6.07 Å². The Hall–Kier alpha value is -2.10. The lowest BCUT2D eigenvalue weighted by Crippen LogP contribution is -2.44. The lowest BCUT2D eigenvalue weighted by Gasteiger charge is -2.31. The maximum atomic E-state index is 14.0. The molecule has 7 nitrogen and oxygen atoms in total. The fourth-order valence-corrected chi connectivity index (χ4v) is 4.67. The van der Waals surface area contributed by atoms with Crippen molar-refractivity contribution in [2.24, 2.45) is 0 Å². The maximum Gasteiger partial charge on any atom is 0.339 e. The van der Waals surface area contributed by atoms with Gasteiger partial charge < -0.3 is 14.5 Å². The van der Waals surface area contributed by atoms with Gasteiger partial charge in [0.25, 0.3) is 10.0 Å². The van der Waals surface area contributed by atoms with Crippen LogP contribution < -0.4 is 9.46 Å². The number of H-pyrrole nitrogens is 1. The Balaban J connectivity index is 1.85. The van der Waals surface area contributed by atoms with Crippen molar-refractivity contribution < 1.29 is 27.1 Å². The summed E-state index contributed by atoms with van der Waals surface area (Å²) in [5.74, 6) is -1.50. The third kappa shape index (κ3) is 3.87. The van der Waals surface area contributed by atoms with Crippen molar-refractivity contribution in [1.82, 2.24) is 9.71 Å². The zero-order valence-electron chi connectivity index (χ0n) is 15.5. The Kier molecular flexibility index (Phi) is 5.69. The summed E-state index contributed by atoms with van der Waals surface area (Å²) in [6.07, 6.45) is 0. The Morgan fingerprint density at radius 1 is 1.43 bits per heavy atom. The molecular weight excluding hydrogens is 411 g/mol. The largest absolute Gasteiger partial charge is 0.489 e. The van der Waals surface area contributed by atoms with Crippen molar-refractivity contribution in [3.8, 4) is 5.75 Å². The van der Waals surface area contributed by atoms with Gasteiger partial charge in [0, 0.05) is 22.2 Å². The van der Waals surface area contributed by atoms with Gasteiger partial charge in [0.05, 0.1) is 18.2 Å². The van der Waals surface area contributed by atoms with Crippen LogP contribution in [0, 0.1) is 12.7 Å². The number of aryl methyl sites for hydroxylation is 1. The van der Waals surface area contributed by atoms with Crippen LogP contribution in [0.1, 0.15) is 41.4 Å². The summed E-state index contributed by atoms with van der Waals surface area (Å²) in [7, 11) is -3.99. The molecular formula is C18H20ClFN2O5S. The first-order valence-electron chi connectivity index (χ1n) is 8.64. The van der Waals surface area contributed by atoms with Crippen LogP contribution in [0.3, 0.4) is 0 Å². The number of fused-ring (bicyclic) bond motifs is 1. The van der Waals surface area contributed by atoms with E-state index in [1.165, 1.54) is 6.07 Å². The molecule has 28 heavy (non-hydrogen) atoms. The van der Waals surface area contributed by atoms with E-state index in [0.29, 0.717) is 11.3 Å². The number of ether oxygens (including phenoxy) is 2. The van der Waals surface area contributed by atoms with Gasteiger partial charge in [-0.15, -0.1) is 0 Å². The van der Waals surface area contributed by atoms with Gasteiger partial charge in [-0.1, -0.05) is 18.5 Å². The number of halogens is 2. The second-order valence-electron chi connectivity index (χ2n) is 6.53. The first kappa shape index (κ1) is 20.6. The van der Waals surface area contributed by atoms with Crippen molar-refractivity contribution in [1.29, 1.82) is 0 Å². The summed E-state index contributed by atoms with van der Waals surface area (Å²) in [6, 6.07) is 3.29. The standard InChI is InChI=1S/C18H20ClFN2O5S/c1-4-26-18(23)13-7-16(21-10(13)3)28(24,25)22-15-8-27-17-12(9(15)2)5-11(19)6-14(17)20/h5-7,9,15,21-22H,4,8H2,1-3H3/t9-,15+/m1/s1. The zero-order valence-corrected chi connectivity index (χ0v) is 17.1. The molecule has 152 valence electrons. The minimum Gasteiger partial charge on any atom is -0.489 e. The molecule has 0 amide bonds. The molecule has 0 bridgehead atoms. The van der Waals surface area contributed by atoms with Crippen LogP contribution >= 0.6 is 11.6 Å². The quantitative estimate of drug-likeness (QED) is 0.710. The van der Waals surface area contributed by atoms with Gasteiger partial charge >= 0.3 is 5.97 Å². The lowest BCUT2D eigenvalue weighted by atomic mass is 9.91. The Bertz CT molecular complexity index is 1020. The molecule has 10 heteroatoms.